The highest BCUT2D eigenvalue weighted by molar-refractivity contribution is 6.30. The summed E-state index contributed by atoms with van der Waals surface area (Å²) in [6.45, 7) is 4.51. The Labute approximate surface area is 136 Å². The summed E-state index contributed by atoms with van der Waals surface area (Å²) in [4.78, 5) is 23.2. The molecule has 2 amide bonds. The summed E-state index contributed by atoms with van der Waals surface area (Å²) >= 11 is 5.78. The van der Waals surface area contributed by atoms with Crippen molar-refractivity contribution in [2.75, 3.05) is 13.1 Å². The smallest absolute Gasteiger partial charge is 0.260 e. The van der Waals surface area contributed by atoms with Crippen LogP contribution in [0.1, 0.15) is 33.1 Å². The third-order valence-electron chi connectivity index (χ3n) is 3.00. The molecule has 1 aromatic rings. The van der Waals surface area contributed by atoms with E-state index in [1.165, 1.54) is 0 Å². The second-order valence-electron chi connectivity index (χ2n) is 4.96. The molecule has 0 aliphatic carbocycles. The Morgan fingerprint density at radius 1 is 1.18 bits per heavy atom. The molecule has 0 saturated heterocycles. The van der Waals surface area contributed by atoms with Crippen molar-refractivity contribution in [3.63, 3.8) is 0 Å². The Hall–Kier alpha value is -1.75. The van der Waals surface area contributed by atoms with Crippen LogP contribution < -0.4 is 15.4 Å². The molecule has 1 rings (SSSR count). The minimum absolute atomic E-state index is 0.0153. The van der Waals surface area contributed by atoms with E-state index in [9.17, 15) is 9.59 Å². The molecule has 0 aromatic heterocycles. The molecule has 0 saturated carbocycles. The number of rotatable bonds is 9. The van der Waals surface area contributed by atoms with Crippen LogP contribution in [0.2, 0.25) is 5.02 Å². The number of benzene rings is 1. The highest BCUT2D eigenvalue weighted by Gasteiger charge is 2.13. The Morgan fingerprint density at radius 2 is 1.82 bits per heavy atom. The first kappa shape index (κ1) is 18.3. The van der Waals surface area contributed by atoms with Gasteiger partial charge in [-0.3, -0.25) is 9.59 Å². The van der Waals surface area contributed by atoms with Crippen molar-refractivity contribution < 1.29 is 14.3 Å². The first-order valence-electron chi connectivity index (χ1n) is 7.49. The largest absolute Gasteiger partial charge is 0.481 e. The van der Waals surface area contributed by atoms with E-state index in [2.05, 4.69) is 10.6 Å². The molecular weight excluding hydrogens is 304 g/mol. The molecule has 0 radical (unpaired) electrons. The number of carbonyl (C=O) groups excluding carboxylic acids is 2. The zero-order chi connectivity index (χ0) is 16.4. The number of unbranched alkanes of at least 4 members (excludes halogenated alkanes) is 1. The minimum atomic E-state index is -0.614. The van der Waals surface area contributed by atoms with Gasteiger partial charge in [-0.2, -0.15) is 0 Å². The van der Waals surface area contributed by atoms with Gasteiger partial charge in [-0.25, -0.2) is 0 Å². The van der Waals surface area contributed by atoms with E-state index in [0.29, 0.717) is 30.3 Å². The molecule has 0 aliphatic heterocycles. The maximum Gasteiger partial charge on any atom is 0.260 e. The molecule has 6 heteroatoms. The van der Waals surface area contributed by atoms with Gasteiger partial charge in [-0.1, -0.05) is 24.9 Å². The van der Waals surface area contributed by atoms with E-state index in [1.807, 2.05) is 6.92 Å². The van der Waals surface area contributed by atoms with Crippen molar-refractivity contribution in [3.05, 3.63) is 29.3 Å². The predicted octanol–water partition coefficient (Wildman–Crippen LogP) is 2.53. The van der Waals surface area contributed by atoms with E-state index in [4.69, 9.17) is 16.3 Å². The number of carbonyl (C=O) groups is 2. The van der Waals surface area contributed by atoms with Crippen molar-refractivity contribution >= 4 is 23.4 Å². The number of hydrogen-bond donors (Lipinski definition) is 2. The lowest BCUT2D eigenvalue weighted by Crippen LogP contribution is -2.40. The van der Waals surface area contributed by atoms with Crippen molar-refractivity contribution in [1.29, 1.82) is 0 Å². The fourth-order valence-corrected chi connectivity index (χ4v) is 1.85. The van der Waals surface area contributed by atoms with Crippen LogP contribution in [0.4, 0.5) is 0 Å². The van der Waals surface area contributed by atoms with E-state index in [-0.39, 0.29) is 11.8 Å². The van der Waals surface area contributed by atoms with Crippen LogP contribution in [0, 0.1) is 0 Å². The summed E-state index contributed by atoms with van der Waals surface area (Å²) in [5.74, 6) is 0.374. The fraction of sp³-hybridized carbons (Fsp3) is 0.500. The van der Waals surface area contributed by atoms with Crippen LogP contribution in [0.15, 0.2) is 24.3 Å². The minimum Gasteiger partial charge on any atom is -0.481 e. The van der Waals surface area contributed by atoms with Gasteiger partial charge in [0.1, 0.15) is 5.75 Å². The van der Waals surface area contributed by atoms with Gasteiger partial charge < -0.3 is 15.4 Å². The normalized spacial score (nSPS) is 11.6. The maximum atomic E-state index is 11.9. The monoisotopic (exact) mass is 326 g/mol. The van der Waals surface area contributed by atoms with Gasteiger partial charge in [-0.05, 0) is 37.6 Å². The highest BCUT2D eigenvalue weighted by Crippen LogP contribution is 2.16. The third-order valence-corrected chi connectivity index (χ3v) is 3.25. The number of halogens is 1. The Bertz CT molecular complexity index is 477. The lowest BCUT2D eigenvalue weighted by atomic mass is 10.2. The summed E-state index contributed by atoms with van der Waals surface area (Å²) in [6.07, 6.45) is 1.78. The zero-order valence-corrected chi connectivity index (χ0v) is 13.8. The molecular formula is C16H23ClN2O3. The third kappa shape index (κ3) is 7.31. The van der Waals surface area contributed by atoms with Crippen LogP contribution in [0.3, 0.4) is 0 Å². The molecule has 1 unspecified atom stereocenters. The fourth-order valence-electron chi connectivity index (χ4n) is 1.73. The molecule has 0 aliphatic rings. The number of nitrogens with one attached hydrogen (secondary N) is 2. The molecule has 22 heavy (non-hydrogen) atoms. The zero-order valence-electron chi connectivity index (χ0n) is 13.0. The number of ether oxygens (including phenoxy) is 1. The first-order chi connectivity index (χ1) is 10.5. The standard InChI is InChI=1S/C16H23ClN2O3/c1-3-4-5-15(20)18-10-11-19-16(21)12(2)22-14-8-6-13(17)7-9-14/h6-9,12H,3-5,10-11H2,1-2H3,(H,18,20)(H,19,21). The summed E-state index contributed by atoms with van der Waals surface area (Å²) in [6, 6.07) is 6.82. The molecule has 1 atom stereocenters. The lowest BCUT2D eigenvalue weighted by Gasteiger charge is -2.15. The summed E-state index contributed by atoms with van der Waals surface area (Å²) in [5.41, 5.74) is 0. The van der Waals surface area contributed by atoms with Crippen LogP contribution in [0.5, 0.6) is 5.75 Å². The molecule has 1 aromatic carbocycles. The van der Waals surface area contributed by atoms with Gasteiger partial charge >= 0.3 is 0 Å². The Morgan fingerprint density at radius 3 is 2.45 bits per heavy atom. The first-order valence-corrected chi connectivity index (χ1v) is 7.87. The van der Waals surface area contributed by atoms with Crippen molar-refractivity contribution in [2.45, 2.75) is 39.2 Å². The summed E-state index contributed by atoms with van der Waals surface area (Å²) in [7, 11) is 0. The molecule has 2 N–H and O–H groups in total. The second kappa shape index (κ2) is 10.1. The summed E-state index contributed by atoms with van der Waals surface area (Å²) in [5, 5.41) is 6.09. The quantitative estimate of drug-likeness (QED) is 0.685. The van der Waals surface area contributed by atoms with Crippen LogP contribution >= 0.6 is 11.6 Å². The van der Waals surface area contributed by atoms with E-state index in [1.54, 1.807) is 31.2 Å². The van der Waals surface area contributed by atoms with Crippen molar-refractivity contribution in [1.82, 2.24) is 10.6 Å². The molecule has 0 spiro atoms. The average Bonchev–Trinajstić information content (AvgIpc) is 2.51. The van der Waals surface area contributed by atoms with Gasteiger partial charge in [0.15, 0.2) is 6.10 Å². The molecule has 0 heterocycles. The van der Waals surface area contributed by atoms with Crippen LogP contribution in [-0.2, 0) is 9.59 Å². The predicted molar refractivity (Wildman–Crippen MR) is 87.1 cm³/mol. The van der Waals surface area contributed by atoms with Gasteiger partial charge in [0, 0.05) is 24.5 Å². The SMILES string of the molecule is CCCCC(=O)NCCNC(=O)C(C)Oc1ccc(Cl)cc1. The van der Waals surface area contributed by atoms with Gasteiger partial charge in [0.05, 0.1) is 0 Å². The maximum absolute atomic E-state index is 11.9. The van der Waals surface area contributed by atoms with Crippen LogP contribution in [-0.4, -0.2) is 31.0 Å². The van der Waals surface area contributed by atoms with Crippen molar-refractivity contribution in [3.8, 4) is 5.75 Å². The van der Waals surface area contributed by atoms with Crippen molar-refractivity contribution in [2.24, 2.45) is 0 Å². The molecule has 0 bridgehead atoms. The van der Waals surface area contributed by atoms with Gasteiger partial charge in [0.2, 0.25) is 5.91 Å². The van der Waals surface area contributed by atoms with E-state index >= 15 is 0 Å². The number of hydrogen-bond acceptors (Lipinski definition) is 3. The Balaban J connectivity index is 2.21. The highest BCUT2D eigenvalue weighted by atomic mass is 35.5. The summed E-state index contributed by atoms with van der Waals surface area (Å²) < 4.78 is 5.50. The number of amides is 2. The lowest BCUT2D eigenvalue weighted by molar-refractivity contribution is -0.127. The molecule has 5 nitrogen and oxygen atoms in total. The van der Waals surface area contributed by atoms with E-state index < -0.39 is 6.10 Å². The van der Waals surface area contributed by atoms with E-state index in [0.717, 1.165) is 12.8 Å². The van der Waals surface area contributed by atoms with Gasteiger partial charge in [0.25, 0.3) is 5.91 Å². The topological polar surface area (TPSA) is 67.4 Å². The average molecular weight is 327 g/mol. The second-order valence-corrected chi connectivity index (χ2v) is 5.39. The Kier molecular flexibility index (Phi) is 8.36. The molecule has 122 valence electrons. The van der Waals surface area contributed by atoms with Gasteiger partial charge in [-0.15, -0.1) is 0 Å². The van der Waals surface area contributed by atoms with Crippen LogP contribution in [0.25, 0.3) is 0 Å². The molecule has 0 fully saturated rings.